The Morgan fingerprint density at radius 2 is 1.50 bits per heavy atom. The molecule has 4 nitrogen and oxygen atoms in total. The van der Waals surface area contributed by atoms with E-state index in [0.717, 1.165) is 6.92 Å². The highest BCUT2D eigenvalue weighted by Gasteiger charge is 2.03. The quantitative estimate of drug-likeness (QED) is 0.447. The molecular weight excluding hydrogens is 134 g/mol. The van der Waals surface area contributed by atoms with Crippen LogP contribution in [0.2, 0.25) is 0 Å². The molecule has 0 aromatic rings. The second kappa shape index (κ2) is 5.20. The average molecular weight is 149 g/mol. The molecular formula is C6H15NO3. The van der Waals surface area contributed by atoms with Crippen LogP contribution in [-0.2, 0) is 4.79 Å². The smallest absolute Gasteiger partial charge is 0.300 e. The molecule has 62 valence electrons. The van der Waals surface area contributed by atoms with Crippen LogP contribution < -0.4 is 5.48 Å². The third-order valence-corrected chi connectivity index (χ3v) is 0.335. The standard InChI is InChI=1S/C4H11NO.C2H4O2/c1-4(2,3)5-6;1-2(3)4/h5-6H,1-3H3;1H3,(H,3,4). The van der Waals surface area contributed by atoms with E-state index in [-0.39, 0.29) is 5.54 Å². The van der Waals surface area contributed by atoms with Gasteiger partial charge in [0.05, 0.1) is 0 Å². The van der Waals surface area contributed by atoms with E-state index in [9.17, 15) is 0 Å². The largest absolute Gasteiger partial charge is 0.481 e. The summed E-state index contributed by atoms with van der Waals surface area (Å²) >= 11 is 0. The van der Waals surface area contributed by atoms with E-state index in [2.05, 4.69) is 5.48 Å². The van der Waals surface area contributed by atoms with Gasteiger partial charge in [0.25, 0.3) is 5.97 Å². The molecule has 0 radical (unpaired) electrons. The number of rotatable bonds is 0. The Hall–Kier alpha value is -0.610. The first kappa shape index (κ1) is 12.1. The van der Waals surface area contributed by atoms with Gasteiger partial charge in [-0.1, -0.05) is 0 Å². The number of nitrogens with one attached hydrogen (secondary N) is 1. The lowest BCUT2D eigenvalue weighted by molar-refractivity contribution is -0.134. The van der Waals surface area contributed by atoms with Gasteiger partial charge in [0, 0.05) is 12.5 Å². The van der Waals surface area contributed by atoms with Gasteiger partial charge in [0.2, 0.25) is 0 Å². The number of hydroxylamine groups is 1. The Morgan fingerprint density at radius 3 is 1.50 bits per heavy atom. The Morgan fingerprint density at radius 1 is 1.40 bits per heavy atom. The maximum atomic E-state index is 9.00. The van der Waals surface area contributed by atoms with E-state index in [4.69, 9.17) is 15.1 Å². The van der Waals surface area contributed by atoms with Crippen molar-refractivity contribution in [1.29, 1.82) is 0 Å². The van der Waals surface area contributed by atoms with Crippen molar-refractivity contribution in [1.82, 2.24) is 5.48 Å². The van der Waals surface area contributed by atoms with Crippen molar-refractivity contribution in [3.05, 3.63) is 0 Å². The summed E-state index contributed by atoms with van der Waals surface area (Å²) in [7, 11) is 0. The van der Waals surface area contributed by atoms with Gasteiger partial charge in [-0.15, -0.1) is 0 Å². The van der Waals surface area contributed by atoms with Crippen LogP contribution >= 0.6 is 0 Å². The summed E-state index contributed by atoms with van der Waals surface area (Å²) in [5.74, 6) is -0.833. The first-order valence-electron chi connectivity index (χ1n) is 2.90. The van der Waals surface area contributed by atoms with Gasteiger partial charge < -0.3 is 10.3 Å². The highest BCUT2D eigenvalue weighted by Crippen LogP contribution is 1.93. The lowest BCUT2D eigenvalue weighted by Gasteiger charge is -2.13. The molecule has 0 bridgehead atoms. The van der Waals surface area contributed by atoms with Crippen LogP contribution in [0.1, 0.15) is 27.7 Å². The number of carboxylic acid groups (broad SMARTS) is 1. The summed E-state index contributed by atoms with van der Waals surface area (Å²) in [5.41, 5.74) is 1.95. The van der Waals surface area contributed by atoms with Gasteiger partial charge in [-0.05, 0) is 20.8 Å². The number of carboxylic acids is 1. The van der Waals surface area contributed by atoms with E-state index in [1.807, 2.05) is 20.8 Å². The maximum Gasteiger partial charge on any atom is 0.300 e. The summed E-state index contributed by atoms with van der Waals surface area (Å²) in [5, 5.41) is 15.6. The molecule has 0 rings (SSSR count). The van der Waals surface area contributed by atoms with Crippen molar-refractivity contribution in [3.8, 4) is 0 Å². The normalized spacial score (nSPS) is 9.70. The highest BCUT2D eigenvalue weighted by molar-refractivity contribution is 5.62. The summed E-state index contributed by atoms with van der Waals surface area (Å²) in [6.45, 7) is 6.73. The molecule has 0 saturated carbocycles. The minimum absolute atomic E-state index is 0.153. The van der Waals surface area contributed by atoms with Gasteiger partial charge in [0.15, 0.2) is 0 Å². The van der Waals surface area contributed by atoms with Crippen LogP contribution in [0.3, 0.4) is 0 Å². The van der Waals surface area contributed by atoms with Crippen LogP contribution in [0, 0.1) is 0 Å². The lowest BCUT2D eigenvalue weighted by Crippen LogP contribution is -2.32. The molecule has 0 aliphatic carbocycles. The fraction of sp³-hybridized carbons (Fsp3) is 0.833. The summed E-state index contributed by atoms with van der Waals surface area (Å²) in [4.78, 5) is 9.00. The molecule has 0 aromatic heterocycles. The number of carbonyl (C=O) groups is 1. The second-order valence-electron chi connectivity index (χ2n) is 2.88. The molecule has 3 N–H and O–H groups in total. The predicted molar refractivity (Wildman–Crippen MR) is 38.0 cm³/mol. The molecule has 0 aliphatic heterocycles. The molecule has 0 unspecified atom stereocenters. The lowest BCUT2D eigenvalue weighted by atomic mass is 10.1. The monoisotopic (exact) mass is 149 g/mol. The van der Waals surface area contributed by atoms with Crippen molar-refractivity contribution < 1.29 is 15.1 Å². The maximum absolute atomic E-state index is 9.00. The molecule has 0 amide bonds. The zero-order valence-corrected chi connectivity index (χ0v) is 6.80. The highest BCUT2D eigenvalue weighted by atomic mass is 16.5. The van der Waals surface area contributed by atoms with E-state index in [1.54, 1.807) is 0 Å². The van der Waals surface area contributed by atoms with Crippen molar-refractivity contribution in [2.75, 3.05) is 0 Å². The summed E-state index contributed by atoms with van der Waals surface area (Å²) < 4.78 is 0. The molecule has 0 aromatic carbocycles. The van der Waals surface area contributed by atoms with Crippen molar-refractivity contribution in [2.24, 2.45) is 0 Å². The fourth-order valence-electron chi connectivity index (χ4n) is 0. The second-order valence-corrected chi connectivity index (χ2v) is 2.88. The SMILES string of the molecule is CC(=O)O.CC(C)(C)NO. The summed E-state index contributed by atoms with van der Waals surface area (Å²) in [6.07, 6.45) is 0. The molecule has 0 atom stereocenters. The van der Waals surface area contributed by atoms with Gasteiger partial charge in [-0.3, -0.25) is 4.79 Å². The number of hydrogen-bond acceptors (Lipinski definition) is 3. The van der Waals surface area contributed by atoms with Gasteiger partial charge in [0.1, 0.15) is 0 Å². The number of aliphatic carboxylic acids is 1. The molecule has 0 saturated heterocycles. The minimum Gasteiger partial charge on any atom is -0.481 e. The third kappa shape index (κ3) is 52.8. The molecule has 0 aliphatic rings. The molecule has 0 fully saturated rings. The summed E-state index contributed by atoms with van der Waals surface area (Å²) in [6, 6.07) is 0. The van der Waals surface area contributed by atoms with E-state index in [0.29, 0.717) is 0 Å². The van der Waals surface area contributed by atoms with E-state index in [1.165, 1.54) is 0 Å². The number of hydrogen-bond donors (Lipinski definition) is 3. The van der Waals surface area contributed by atoms with Gasteiger partial charge in [-0.2, -0.15) is 0 Å². The fourth-order valence-corrected chi connectivity index (χ4v) is 0. The Kier molecular flexibility index (Phi) is 6.29. The van der Waals surface area contributed by atoms with Crippen molar-refractivity contribution >= 4 is 5.97 Å². The van der Waals surface area contributed by atoms with Crippen molar-refractivity contribution in [2.45, 2.75) is 33.2 Å². The first-order valence-corrected chi connectivity index (χ1v) is 2.90. The van der Waals surface area contributed by atoms with Crippen LogP contribution in [-0.4, -0.2) is 21.8 Å². The van der Waals surface area contributed by atoms with Crippen molar-refractivity contribution in [3.63, 3.8) is 0 Å². The Bertz CT molecular complexity index is 91.7. The molecule has 10 heavy (non-hydrogen) atoms. The topological polar surface area (TPSA) is 69.6 Å². The molecule has 4 heteroatoms. The van der Waals surface area contributed by atoms with Crippen LogP contribution in [0.15, 0.2) is 0 Å². The average Bonchev–Trinajstić information content (AvgIpc) is 1.63. The molecule has 0 heterocycles. The van der Waals surface area contributed by atoms with Crippen LogP contribution in [0.4, 0.5) is 0 Å². The first-order chi connectivity index (χ1) is 4.29. The predicted octanol–water partition coefficient (Wildman–Crippen LogP) is 0.855. The van der Waals surface area contributed by atoms with Gasteiger partial charge in [-0.25, -0.2) is 5.48 Å². The zero-order valence-electron chi connectivity index (χ0n) is 6.80. The Labute approximate surface area is 60.8 Å². The molecule has 0 spiro atoms. The van der Waals surface area contributed by atoms with Gasteiger partial charge >= 0.3 is 0 Å². The zero-order chi connectivity index (χ0) is 8.78. The Balaban J connectivity index is 0. The van der Waals surface area contributed by atoms with E-state index < -0.39 is 5.97 Å². The van der Waals surface area contributed by atoms with Crippen LogP contribution in [0.25, 0.3) is 0 Å². The van der Waals surface area contributed by atoms with E-state index >= 15 is 0 Å². The third-order valence-electron chi connectivity index (χ3n) is 0.335. The minimum atomic E-state index is -0.833. The van der Waals surface area contributed by atoms with Crippen LogP contribution in [0.5, 0.6) is 0 Å².